The Morgan fingerprint density at radius 1 is 0.960 bits per heavy atom. The van der Waals surface area contributed by atoms with Crippen LogP contribution < -0.4 is 9.80 Å². The Hall–Kier alpha value is -3.01. The van der Waals surface area contributed by atoms with Crippen LogP contribution in [0.1, 0.15) is 12.6 Å². The molecule has 0 bridgehead atoms. The van der Waals surface area contributed by atoms with Crippen molar-refractivity contribution in [3.8, 4) is 0 Å². The smallest absolute Gasteiger partial charge is 0.159 e. The predicted octanol–water partition coefficient (Wildman–Crippen LogP) is 5.22. The van der Waals surface area contributed by atoms with E-state index in [1.54, 1.807) is 0 Å². The summed E-state index contributed by atoms with van der Waals surface area (Å²) in [5.41, 5.74) is 6.31. The molecule has 3 heterocycles. The van der Waals surface area contributed by atoms with E-state index in [0.29, 0.717) is 0 Å². The minimum Gasteiger partial charge on any atom is -0.454 e. The summed E-state index contributed by atoms with van der Waals surface area (Å²) in [6.07, 6.45) is 2.13. The lowest BCUT2D eigenvalue weighted by Crippen LogP contribution is -2.35. The molecule has 0 aliphatic carbocycles. The van der Waals surface area contributed by atoms with E-state index >= 15 is 0 Å². The highest BCUT2D eigenvalue weighted by Crippen LogP contribution is 2.46. The van der Waals surface area contributed by atoms with Gasteiger partial charge in [0.1, 0.15) is 11.7 Å². The molecule has 0 N–H and O–H groups in total. The number of pyridine rings is 1. The van der Waals surface area contributed by atoms with Crippen molar-refractivity contribution in [3.05, 3.63) is 60.4 Å². The van der Waals surface area contributed by atoms with Gasteiger partial charge in [0, 0.05) is 35.8 Å². The lowest BCUT2D eigenvalue weighted by Gasteiger charge is -2.27. The van der Waals surface area contributed by atoms with Crippen molar-refractivity contribution in [2.75, 3.05) is 16.8 Å². The molecule has 0 amide bonds. The van der Waals surface area contributed by atoms with Gasteiger partial charge in [0.2, 0.25) is 0 Å². The van der Waals surface area contributed by atoms with Crippen LogP contribution >= 0.6 is 0 Å². The minimum atomic E-state index is 0.219. The van der Waals surface area contributed by atoms with E-state index in [1.807, 2.05) is 19.2 Å². The Balaban J connectivity index is 1.80. The third-order valence-electron chi connectivity index (χ3n) is 5.21. The molecule has 1 aliphatic heterocycles. The monoisotopic (exact) mass is 329 g/mol. The summed E-state index contributed by atoms with van der Waals surface area (Å²) < 4.78 is 6.28. The first-order chi connectivity index (χ1) is 12.1. The van der Waals surface area contributed by atoms with Crippen LogP contribution in [0.15, 0.2) is 59.1 Å². The van der Waals surface area contributed by atoms with Crippen LogP contribution in [0.3, 0.4) is 0 Å². The third kappa shape index (κ3) is 1.91. The summed E-state index contributed by atoms with van der Waals surface area (Å²) in [6, 6.07) is 16.9. The van der Waals surface area contributed by atoms with Crippen molar-refractivity contribution >= 4 is 39.0 Å². The standard InChI is InChI=1S/C21H19N3O/c1-13-11-20-16(12-22-13)15-7-6-10-19(21(15)25-20)24-14(2)23(3)17-8-4-5-9-18(17)24/h4-12,14H,1-3H3. The highest BCUT2D eigenvalue weighted by molar-refractivity contribution is 6.09. The molecule has 124 valence electrons. The maximum atomic E-state index is 6.28. The summed E-state index contributed by atoms with van der Waals surface area (Å²) in [7, 11) is 2.13. The van der Waals surface area contributed by atoms with Crippen LogP contribution in [0.4, 0.5) is 17.1 Å². The van der Waals surface area contributed by atoms with Gasteiger partial charge in [-0.3, -0.25) is 4.98 Å². The molecule has 0 fully saturated rings. The van der Waals surface area contributed by atoms with Crippen LogP contribution in [0, 0.1) is 6.92 Å². The number of hydrogen-bond acceptors (Lipinski definition) is 4. The Morgan fingerprint density at radius 2 is 1.72 bits per heavy atom. The number of rotatable bonds is 1. The van der Waals surface area contributed by atoms with E-state index < -0.39 is 0 Å². The lowest BCUT2D eigenvalue weighted by atomic mass is 10.1. The Morgan fingerprint density at radius 3 is 2.56 bits per heavy atom. The van der Waals surface area contributed by atoms with Crippen LogP contribution in [0.25, 0.3) is 21.9 Å². The molecule has 2 aromatic carbocycles. The molecular weight excluding hydrogens is 310 g/mol. The number of fused-ring (bicyclic) bond motifs is 4. The molecule has 1 atom stereocenters. The number of aryl methyl sites for hydroxylation is 1. The van der Waals surface area contributed by atoms with Crippen molar-refractivity contribution in [1.82, 2.24) is 4.98 Å². The van der Waals surface area contributed by atoms with Crippen molar-refractivity contribution in [2.45, 2.75) is 20.0 Å². The Kier molecular flexibility index (Phi) is 2.86. The van der Waals surface area contributed by atoms with E-state index in [2.05, 4.69) is 71.2 Å². The minimum absolute atomic E-state index is 0.219. The maximum Gasteiger partial charge on any atom is 0.159 e. The average Bonchev–Trinajstić information content (AvgIpc) is 3.11. The second-order valence-electron chi connectivity index (χ2n) is 6.68. The first kappa shape index (κ1) is 14.3. The summed E-state index contributed by atoms with van der Waals surface area (Å²) in [5.74, 6) is 0. The Labute approximate surface area is 146 Å². The molecule has 25 heavy (non-hydrogen) atoms. The number of benzene rings is 2. The summed E-state index contributed by atoms with van der Waals surface area (Å²) in [6.45, 7) is 4.20. The van der Waals surface area contributed by atoms with Gasteiger partial charge in [-0.2, -0.15) is 0 Å². The van der Waals surface area contributed by atoms with Crippen LogP contribution in [-0.2, 0) is 0 Å². The number of anilines is 3. The summed E-state index contributed by atoms with van der Waals surface area (Å²) in [5, 5.41) is 2.18. The fourth-order valence-electron chi connectivity index (χ4n) is 3.84. The van der Waals surface area contributed by atoms with Gasteiger partial charge in [0.15, 0.2) is 5.58 Å². The molecule has 1 unspecified atom stereocenters. The summed E-state index contributed by atoms with van der Waals surface area (Å²) >= 11 is 0. The summed E-state index contributed by atoms with van der Waals surface area (Å²) in [4.78, 5) is 9.08. The molecular formula is C21H19N3O. The van der Waals surface area contributed by atoms with E-state index in [-0.39, 0.29) is 6.17 Å². The Bertz CT molecular complexity index is 1110. The second kappa shape index (κ2) is 4.99. The number of nitrogens with zero attached hydrogens (tertiary/aromatic N) is 3. The number of furan rings is 1. The first-order valence-corrected chi connectivity index (χ1v) is 8.54. The van der Waals surface area contributed by atoms with Gasteiger partial charge in [-0.05, 0) is 32.0 Å². The van der Waals surface area contributed by atoms with Gasteiger partial charge in [-0.25, -0.2) is 0 Å². The fourth-order valence-corrected chi connectivity index (χ4v) is 3.84. The molecule has 5 rings (SSSR count). The molecule has 4 heteroatoms. The zero-order valence-corrected chi connectivity index (χ0v) is 14.5. The molecule has 4 nitrogen and oxygen atoms in total. The normalized spacial score (nSPS) is 16.8. The molecule has 0 saturated heterocycles. The van der Waals surface area contributed by atoms with E-state index in [1.165, 1.54) is 11.4 Å². The van der Waals surface area contributed by atoms with Crippen LogP contribution in [0.2, 0.25) is 0 Å². The second-order valence-corrected chi connectivity index (χ2v) is 6.68. The van der Waals surface area contributed by atoms with Gasteiger partial charge >= 0.3 is 0 Å². The van der Waals surface area contributed by atoms with Gasteiger partial charge in [-0.15, -0.1) is 0 Å². The molecule has 0 saturated carbocycles. The highest BCUT2D eigenvalue weighted by Gasteiger charge is 2.32. The average molecular weight is 329 g/mol. The van der Waals surface area contributed by atoms with Crippen molar-refractivity contribution in [1.29, 1.82) is 0 Å². The third-order valence-corrected chi connectivity index (χ3v) is 5.21. The first-order valence-electron chi connectivity index (χ1n) is 8.54. The number of hydrogen-bond donors (Lipinski definition) is 0. The molecule has 2 aromatic heterocycles. The van der Waals surface area contributed by atoms with Gasteiger partial charge in [0.05, 0.1) is 17.1 Å². The van der Waals surface area contributed by atoms with Gasteiger partial charge in [-0.1, -0.05) is 24.3 Å². The van der Waals surface area contributed by atoms with Crippen LogP contribution in [0.5, 0.6) is 0 Å². The van der Waals surface area contributed by atoms with Crippen molar-refractivity contribution in [3.63, 3.8) is 0 Å². The SMILES string of the molecule is Cc1cc2oc3c(N4c5ccccc5N(C)C4C)cccc3c2cn1. The van der Waals surface area contributed by atoms with Gasteiger partial charge in [0.25, 0.3) is 0 Å². The zero-order chi connectivity index (χ0) is 17.1. The van der Waals surface area contributed by atoms with Gasteiger partial charge < -0.3 is 14.2 Å². The molecule has 4 aromatic rings. The van der Waals surface area contributed by atoms with Crippen molar-refractivity contribution < 1.29 is 4.42 Å². The molecule has 0 radical (unpaired) electrons. The predicted molar refractivity (Wildman–Crippen MR) is 103 cm³/mol. The van der Waals surface area contributed by atoms with Crippen LogP contribution in [-0.4, -0.2) is 18.2 Å². The largest absolute Gasteiger partial charge is 0.454 e. The van der Waals surface area contributed by atoms with Crippen molar-refractivity contribution in [2.24, 2.45) is 0 Å². The maximum absolute atomic E-state index is 6.28. The number of aromatic nitrogens is 1. The number of para-hydroxylation sites is 3. The van der Waals surface area contributed by atoms with E-state index in [9.17, 15) is 0 Å². The molecule has 1 aliphatic rings. The fraction of sp³-hybridized carbons (Fsp3) is 0.190. The topological polar surface area (TPSA) is 32.5 Å². The van der Waals surface area contributed by atoms with E-state index in [4.69, 9.17) is 4.42 Å². The molecule has 0 spiro atoms. The van der Waals surface area contributed by atoms with E-state index in [0.717, 1.165) is 33.3 Å². The zero-order valence-electron chi connectivity index (χ0n) is 14.5. The highest BCUT2D eigenvalue weighted by atomic mass is 16.3. The quantitative estimate of drug-likeness (QED) is 0.479. The lowest BCUT2D eigenvalue weighted by molar-refractivity contribution is 0.661.